The third kappa shape index (κ3) is 16.1. The summed E-state index contributed by atoms with van der Waals surface area (Å²) < 4.78 is 56.4. The number of alkyl carbamates (subject to hydrolysis) is 1. The van der Waals surface area contributed by atoms with Crippen molar-refractivity contribution in [2.75, 3.05) is 52.7 Å². The number of ether oxygens (including phenoxy) is 7. The van der Waals surface area contributed by atoms with Crippen LogP contribution >= 0.6 is 0 Å². The van der Waals surface area contributed by atoms with Crippen molar-refractivity contribution in [2.45, 2.75) is 181 Å². The topological polar surface area (TPSA) is 287 Å². The standard InChI is InChI=1S/C65H84FN7O16/c1-11-65(43-32-49-56-41(35-73(49)58(78)42(43)36-86-61(65)81)54-45(68-50(74)22-19-39-16-13-12-14-17-39)21-20-40-38(4)44(66)33-46(70-56)53(40)54)88-60(80)55(37(2)3)71-57(77)48-18-15-25-72(48)59(79)47(34-52(76)87-63(5,6)7)69-51(75)23-26-83-28-30-85-31-29-84-27-24-67-62(82)89-64(8,9)10/h12-14,16-17,32-33,37,45,47-48,55H,11,15,18-31,34-36H2,1-10H3,(H,67,82)(H,68,74)(H,69,75)(H,71,77)/t45-,47-,48-,55-,65-/m0/s1. The number of carbonyl (C=O) groups excluding carboxylic acids is 8. The molecule has 23 nitrogen and oxygen atoms in total. The van der Waals surface area contributed by atoms with Crippen molar-refractivity contribution in [3.05, 3.63) is 97.6 Å². The monoisotopic (exact) mass is 1240 g/mol. The van der Waals surface area contributed by atoms with E-state index in [0.29, 0.717) is 53.4 Å². The molecule has 1 saturated heterocycles. The molecule has 2 aromatic heterocycles. The minimum absolute atomic E-state index is 0.0379. The Balaban J connectivity index is 0.943. The lowest BCUT2D eigenvalue weighted by atomic mass is 9.81. The Morgan fingerprint density at radius 1 is 0.831 bits per heavy atom. The van der Waals surface area contributed by atoms with Crippen molar-refractivity contribution in [2.24, 2.45) is 5.92 Å². The zero-order chi connectivity index (χ0) is 64.5. The highest BCUT2D eigenvalue weighted by atomic mass is 19.1. The van der Waals surface area contributed by atoms with Gasteiger partial charge in [0.25, 0.3) is 5.56 Å². The zero-order valence-corrected chi connectivity index (χ0v) is 52.6. The molecule has 5 atom stereocenters. The summed E-state index contributed by atoms with van der Waals surface area (Å²) in [5.41, 5.74) is 0.440. The van der Waals surface area contributed by atoms with E-state index in [-0.39, 0.29) is 108 Å². The molecule has 5 heterocycles. The fraction of sp³-hybridized carbons (Fsp3) is 0.569. The number of nitrogens with zero attached hydrogens (tertiary/aromatic N) is 3. The van der Waals surface area contributed by atoms with Crippen molar-refractivity contribution < 1.29 is 75.9 Å². The average Bonchev–Trinajstić information content (AvgIpc) is 1.68. The number of amides is 5. The van der Waals surface area contributed by atoms with Gasteiger partial charge in [0, 0.05) is 48.5 Å². The van der Waals surface area contributed by atoms with E-state index in [4.69, 9.17) is 38.1 Å². The van der Waals surface area contributed by atoms with Gasteiger partial charge in [-0.1, -0.05) is 51.1 Å². The number of esters is 3. The number of cyclic esters (lactones) is 1. The lowest BCUT2D eigenvalue weighted by Crippen LogP contribution is -2.57. The Morgan fingerprint density at radius 2 is 1.52 bits per heavy atom. The van der Waals surface area contributed by atoms with E-state index >= 15 is 4.39 Å². The van der Waals surface area contributed by atoms with Gasteiger partial charge in [-0.3, -0.25) is 28.8 Å². The van der Waals surface area contributed by atoms with Crippen LogP contribution < -0.4 is 26.8 Å². The second-order valence-corrected chi connectivity index (χ2v) is 25.2. The third-order valence-electron chi connectivity index (χ3n) is 16.1. The van der Waals surface area contributed by atoms with E-state index in [1.807, 2.05) is 30.3 Å². The molecule has 3 aliphatic heterocycles. The van der Waals surface area contributed by atoms with Gasteiger partial charge in [0.15, 0.2) is 0 Å². The summed E-state index contributed by atoms with van der Waals surface area (Å²) in [5.74, 6) is -6.14. The Morgan fingerprint density at radius 3 is 2.19 bits per heavy atom. The Bertz CT molecular complexity index is 3390. The lowest BCUT2D eigenvalue weighted by Gasteiger charge is -2.37. The molecule has 482 valence electrons. The number of aryl methyl sites for hydroxylation is 2. The molecule has 4 aliphatic rings. The summed E-state index contributed by atoms with van der Waals surface area (Å²) in [6.07, 6.45) is 0.711. The summed E-state index contributed by atoms with van der Waals surface area (Å²) >= 11 is 0. The Kier molecular flexibility index (Phi) is 21.7. The van der Waals surface area contributed by atoms with Crippen molar-refractivity contribution in [1.82, 2.24) is 35.7 Å². The zero-order valence-electron chi connectivity index (χ0n) is 52.6. The first kappa shape index (κ1) is 67.1. The average molecular weight is 1240 g/mol. The summed E-state index contributed by atoms with van der Waals surface area (Å²) in [6, 6.07) is 8.07. The molecule has 1 aliphatic carbocycles. The highest BCUT2D eigenvalue weighted by molar-refractivity contribution is 5.97. The fourth-order valence-electron chi connectivity index (χ4n) is 11.8. The number of benzene rings is 2. The number of hydrogen-bond acceptors (Lipinski definition) is 17. The maximum Gasteiger partial charge on any atom is 0.407 e. The third-order valence-corrected chi connectivity index (χ3v) is 16.1. The summed E-state index contributed by atoms with van der Waals surface area (Å²) in [4.78, 5) is 131. The van der Waals surface area contributed by atoms with Gasteiger partial charge < -0.3 is 63.9 Å². The molecular weight excluding hydrogens is 1150 g/mol. The Labute approximate surface area is 517 Å². The van der Waals surface area contributed by atoms with Crippen LogP contribution in [0.15, 0.2) is 47.3 Å². The van der Waals surface area contributed by atoms with E-state index in [1.54, 1.807) is 75.3 Å². The molecule has 4 aromatic rings. The van der Waals surface area contributed by atoms with Gasteiger partial charge in [-0.15, -0.1) is 0 Å². The van der Waals surface area contributed by atoms with Gasteiger partial charge in [-0.25, -0.2) is 23.8 Å². The lowest BCUT2D eigenvalue weighted by molar-refractivity contribution is -0.191. The molecule has 1 fully saturated rings. The van der Waals surface area contributed by atoms with E-state index in [2.05, 4.69) is 21.3 Å². The van der Waals surface area contributed by atoms with Crippen LogP contribution in [0.3, 0.4) is 0 Å². The molecule has 4 N–H and O–H groups in total. The molecular formula is C65H84FN7O16. The smallest absolute Gasteiger partial charge is 0.407 e. The molecule has 0 radical (unpaired) electrons. The number of carbonyl (C=O) groups is 8. The molecule has 0 spiro atoms. The van der Waals surface area contributed by atoms with Crippen LogP contribution in [-0.4, -0.2) is 144 Å². The largest absolute Gasteiger partial charge is 0.460 e. The van der Waals surface area contributed by atoms with Gasteiger partial charge in [-0.05, 0) is 121 Å². The minimum atomic E-state index is -2.20. The highest BCUT2D eigenvalue weighted by Crippen LogP contribution is 2.47. The molecule has 2 aromatic carbocycles. The maximum absolute atomic E-state index is 15.7. The van der Waals surface area contributed by atoms with Crippen LogP contribution in [0.5, 0.6) is 0 Å². The second kappa shape index (κ2) is 28.8. The highest BCUT2D eigenvalue weighted by Gasteiger charge is 2.52. The van der Waals surface area contributed by atoms with Crippen LogP contribution in [0.2, 0.25) is 0 Å². The number of fused-ring (bicyclic) bond motifs is 5. The first-order valence-electron chi connectivity index (χ1n) is 30.7. The van der Waals surface area contributed by atoms with E-state index < -0.39 is 113 Å². The SMILES string of the molecule is CC[C@@]1(OC(=O)[C@@H](NC(=O)[C@@H]2CCCN2C(=O)[C@H](CC(=O)OC(C)(C)C)NC(=O)CCOCCOCCOCCNC(=O)OC(C)(C)C)C(C)C)C(=O)OCc2c1cc1n(c2=O)Cc2c-1nc1cc(F)c(C)c3c1c2[C@@H](NC(=O)CCc1ccccc1)CC3. The van der Waals surface area contributed by atoms with Crippen molar-refractivity contribution in [3.63, 3.8) is 0 Å². The van der Waals surface area contributed by atoms with Gasteiger partial charge in [0.1, 0.15) is 41.8 Å². The van der Waals surface area contributed by atoms with Crippen LogP contribution in [0.1, 0.15) is 152 Å². The van der Waals surface area contributed by atoms with E-state index in [9.17, 15) is 43.2 Å². The van der Waals surface area contributed by atoms with Gasteiger partial charge in [0.2, 0.25) is 29.2 Å². The minimum Gasteiger partial charge on any atom is -0.460 e. The second-order valence-electron chi connectivity index (χ2n) is 25.2. The number of rotatable bonds is 26. The van der Waals surface area contributed by atoms with Crippen molar-refractivity contribution >= 4 is 58.5 Å². The first-order valence-corrected chi connectivity index (χ1v) is 30.7. The van der Waals surface area contributed by atoms with Crippen LogP contribution in [0.25, 0.3) is 22.3 Å². The predicted octanol–water partition coefficient (Wildman–Crippen LogP) is 6.13. The van der Waals surface area contributed by atoms with E-state index in [0.717, 1.165) is 16.7 Å². The number of pyridine rings is 2. The summed E-state index contributed by atoms with van der Waals surface area (Å²) in [5, 5.41) is 11.9. The molecule has 0 bridgehead atoms. The fourth-order valence-corrected chi connectivity index (χ4v) is 11.8. The summed E-state index contributed by atoms with van der Waals surface area (Å²) in [6.45, 7) is 17.9. The molecule has 0 saturated carbocycles. The first-order chi connectivity index (χ1) is 42.2. The number of nitrogens with one attached hydrogen (secondary N) is 4. The maximum atomic E-state index is 15.7. The molecule has 5 amide bonds. The number of halogens is 1. The number of likely N-dealkylation sites (tertiary alicyclic amines) is 1. The summed E-state index contributed by atoms with van der Waals surface area (Å²) in [7, 11) is 0. The predicted molar refractivity (Wildman–Crippen MR) is 322 cm³/mol. The van der Waals surface area contributed by atoms with Gasteiger partial charge in [0.05, 0.1) is 81.1 Å². The van der Waals surface area contributed by atoms with Crippen molar-refractivity contribution in [1.29, 1.82) is 0 Å². The molecule has 89 heavy (non-hydrogen) atoms. The van der Waals surface area contributed by atoms with Crippen molar-refractivity contribution in [3.8, 4) is 11.4 Å². The van der Waals surface area contributed by atoms with Gasteiger partial charge >= 0.3 is 24.0 Å². The van der Waals surface area contributed by atoms with Gasteiger partial charge in [-0.2, -0.15) is 0 Å². The normalized spacial score (nSPS) is 18.2. The quantitative estimate of drug-likeness (QED) is 0.0275. The van der Waals surface area contributed by atoms with E-state index in [1.165, 1.54) is 15.5 Å². The van der Waals surface area contributed by atoms with Crippen LogP contribution in [0.4, 0.5) is 9.18 Å². The molecule has 0 unspecified atom stereocenters. The molecule has 24 heteroatoms. The number of hydrogen-bond donors (Lipinski definition) is 4. The Hall–Kier alpha value is -7.83. The number of aromatic nitrogens is 2. The van der Waals surface area contributed by atoms with Crippen LogP contribution in [-0.2, 0) is 98.3 Å². The van der Waals surface area contributed by atoms with Crippen LogP contribution in [0, 0.1) is 18.7 Å². The molecule has 8 rings (SSSR count).